The summed E-state index contributed by atoms with van der Waals surface area (Å²) in [6, 6.07) is 5.26. The molecule has 2 heterocycles. The van der Waals surface area contributed by atoms with Gasteiger partial charge in [0.15, 0.2) is 11.1 Å². The van der Waals surface area contributed by atoms with Crippen molar-refractivity contribution in [2.45, 2.75) is 24.9 Å². The number of hydrogen-bond donors (Lipinski definition) is 0. The molecule has 0 atom stereocenters. The van der Waals surface area contributed by atoms with Crippen LogP contribution in [0.2, 0.25) is 0 Å². The molecule has 0 saturated carbocycles. The zero-order valence-electron chi connectivity index (χ0n) is 14.7. The Balaban J connectivity index is 1.79. The van der Waals surface area contributed by atoms with Crippen molar-refractivity contribution in [3.63, 3.8) is 0 Å². The van der Waals surface area contributed by atoms with Crippen molar-refractivity contribution in [3.8, 4) is 5.69 Å². The van der Waals surface area contributed by atoms with Crippen molar-refractivity contribution in [1.29, 1.82) is 0 Å². The number of amides is 1. The van der Waals surface area contributed by atoms with Crippen LogP contribution in [0, 0.1) is 5.41 Å². The van der Waals surface area contributed by atoms with E-state index in [1.807, 2.05) is 0 Å². The van der Waals surface area contributed by atoms with Crippen molar-refractivity contribution in [2.24, 2.45) is 5.41 Å². The first kappa shape index (κ1) is 22.0. The fourth-order valence-corrected chi connectivity index (χ4v) is 3.16. The molecule has 0 N–H and O–H groups in total. The van der Waals surface area contributed by atoms with E-state index in [-0.39, 0.29) is 11.3 Å². The molecular formula is C17H12F9N3O. The standard InChI is InChI=1S/C17H12F9N3O/c18-15(19,20)12-5-7-29(27-12)11-3-1-10(2-4-11)13(30)28-8-6-14(9-28,16(21,22)23)17(24,25)26/h1-5,7H,6,8-9H2. The van der Waals surface area contributed by atoms with Gasteiger partial charge in [0.1, 0.15) is 0 Å². The van der Waals surface area contributed by atoms with Crippen molar-refractivity contribution in [2.75, 3.05) is 13.1 Å². The minimum absolute atomic E-state index is 0.114. The van der Waals surface area contributed by atoms with Gasteiger partial charge in [0.25, 0.3) is 5.91 Å². The molecule has 2 aromatic rings. The minimum atomic E-state index is -5.58. The number of benzene rings is 1. The van der Waals surface area contributed by atoms with Gasteiger partial charge in [-0.1, -0.05) is 0 Å². The summed E-state index contributed by atoms with van der Waals surface area (Å²) in [7, 11) is 0. The van der Waals surface area contributed by atoms with Crippen molar-refractivity contribution < 1.29 is 44.3 Å². The van der Waals surface area contributed by atoms with Crippen LogP contribution < -0.4 is 0 Å². The molecular weight excluding hydrogens is 433 g/mol. The van der Waals surface area contributed by atoms with E-state index < -0.39 is 55.1 Å². The highest BCUT2D eigenvalue weighted by molar-refractivity contribution is 5.94. The van der Waals surface area contributed by atoms with Gasteiger partial charge in [0, 0.05) is 24.8 Å². The molecule has 1 fully saturated rings. The molecule has 0 spiro atoms. The summed E-state index contributed by atoms with van der Waals surface area (Å²) in [5.74, 6) is -1.05. The summed E-state index contributed by atoms with van der Waals surface area (Å²) in [6.07, 6.45) is -16.1. The van der Waals surface area contributed by atoms with E-state index in [4.69, 9.17) is 0 Å². The molecule has 1 aromatic heterocycles. The first-order valence-electron chi connectivity index (χ1n) is 8.32. The topological polar surface area (TPSA) is 38.1 Å². The molecule has 1 amide bonds. The number of aromatic nitrogens is 2. The fraction of sp³-hybridized carbons (Fsp3) is 0.412. The van der Waals surface area contributed by atoms with E-state index >= 15 is 0 Å². The number of nitrogens with zero attached hydrogens (tertiary/aromatic N) is 3. The van der Waals surface area contributed by atoms with Gasteiger partial charge >= 0.3 is 18.5 Å². The van der Waals surface area contributed by atoms with Gasteiger partial charge in [0.2, 0.25) is 0 Å². The molecule has 30 heavy (non-hydrogen) atoms. The van der Waals surface area contributed by atoms with Crippen LogP contribution in [0.15, 0.2) is 36.5 Å². The van der Waals surface area contributed by atoms with Crippen LogP contribution in [0.25, 0.3) is 5.69 Å². The minimum Gasteiger partial charge on any atom is -0.337 e. The quantitative estimate of drug-likeness (QED) is 0.621. The highest BCUT2D eigenvalue weighted by Crippen LogP contribution is 2.55. The maximum Gasteiger partial charge on any atom is 0.435 e. The Morgan fingerprint density at radius 3 is 1.90 bits per heavy atom. The molecule has 1 saturated heterocycles. The van der Waals surface area contributed by atoms with Crippen LogP contribution >= 0.6 is 0 Å². The summed E-state index contributed by atoms with van der Waals surface area (Å²) in [6.45, 7) is -2.30. The van der Waals surface area contributed by atoms with E-state index in [1.165, 1.54) is 12.1 Å². The Labute approximate surface area is 162 Å². The zero-order chi connectivity index (χ0) is 22.5. The number of hydrogen-bond acceptors (Lipinski definition) is 2. The smallest absolute Gasteiger partial charge is 0.337 e. The third-order valence-electron chi connectivity index (χ3n) is 4.90. The zero-order valence-corrected chi connectivity index (χ0v) is 14.7. The molecule has 1 aliphatic heterocycles. The van der Waals surface area contributed by atoms with Gasteiger partial charge in [-0.3, -0.25) is 4.79 Å². The molecule has 3 rings (SSSR count). The van der Waals surface area contributed by atoms with Crippen LogP contribution in [0.1, 0.15) is 22.5 Å². The van der Waals surface area contributed by atoms with E-state index in [0.717, 1.165) is 29.1 Å². The largest absolute Gasteiger partial charge is 0.435 e. The summed E-state index contributed by atoms with van der Waals surface area (Å²) in [5.41, 5.74) is -5.25. The number of carbonyl (C=O) groups is 1. The molecule has 0 bridgehead atoms. The van der Waals surface area contributed by atoms with Crippen molar-refractivity contribution in [1.82, 2.24) is 14.7 Å². The van der Waals surface area contributed by atoms with Gasteiger partial charge in [-0.2, -0.15) is 44.6 Å². The molecule has 1 aliphatic rings. The summed E-state index contributed by atoms with van der Waals surface area (Å²) in [4.78, 5) is 12.9. The van der Waals surface area contributed by atoms with Crippen LogP contribution in [0.5, 0.6) is 0 Å². The predicted molar refractivity (Wildman–Crippen MR) is 83.6 cm³/mol. The number of likely N-dealkylation sites (tertiary alicyclic amines) is 1. The average molecular weight is 445 g/mol. The van der Waals surface area contributed by atoms with Gasteiger partial charge < -0.3 is 4.90 Å². The molecule has 1 aromatic carbocycles. The molecule has 0 radical (unpaired) electrons. The lowest BCUT2D eigenvalue weighted by molar-refractivity contribution is -0.334. The number of carbonyl (C=O) groups excluding carboxylic acids is 1. The lowest BCUT2D eigenvalue weighted by Crippen LogP contribution is -2.52. The lowest BCUT2D eigenvalue weighted by atomic mass is 9.85. The molecule has 164 valence electrons. The maximum absolute atomic E-state index is 13.1. The van der Waals surface area contributed by atoms with E-state index in [1.54, 1.807) is 0 Å². The third kappa shape index (κ3) is 3.72. The Bertz CT molecular complexity index is 912. The predicted octanol–water partition coefficient (Wildman–Crippen LogP) is 4.85. The Morgan fingerprint density at radius 2 is 1.47 bits per heavy atom. The van der Waals surface area contributed by atoms with E-state index in [0.29, 0.717) is 4.90 Å². The average Bonchev–Trinajstić information content (AvgIpc) is 3.28. The Hall–Kier alpha value is -2.73. The van der Waals surface area contributed by atoms with Crippen molar-refractivity contribution in [3.05, 3.63) is 47.8 Å². The second kappa shape index (κ2) is 6.91. The fourth-order valence-electron chi connectivity index (χ4n) is 3.16. The summed E-state index contributed by atoms with van der Waals surface area (Å²) in [5, 5.41) is 3.32. The van der Waals surface area contributed by atoms with Crippen LogP contribution in [-0.4, -0.2) is 46.0 Å². The van der Waals surface area contributed by atoms with E-state index in [9.17, 15) is 44.3 Å². The molecule has 4 nitrogen and oxygen atoms in total. The summed E-state index contributed by atoms with van der Waals surface area (Å²) >= 11 is 0. The highest BCUT2D eigenvalue weighted by atomic mass is 19.4. The molecule has 0 aliphatic carbocycles. The van der Waals surface area contributed by atoms with E-state index in [2.05, 4.69) is 5.10 Å². The number of halogens is 9. The first-order valence-corrected chi connectivity index (χ1v) is 8.32. The molecule has 13 heteroatoms. The number of rotatable bonds is 2. The Kier molecular flexibility index (Phi) is 5.06. The van der Waals surface area contributed by atoms with Gasteiger partial charge in [-0.15, -0.1) is 0 Å². The maximum atomic E-state index is 13.1. The van der Waals surface area contributed by atoms with Gasteiger partial charge in [0.05, 0.1) is 5.69 Å². The third-order valence-corrected chi connectivity index (χ3v) is 4.90. The van der Waals surface area contributed by atoms with Gasteiger partial charge in [-0.05, 0) is 36.8 Å². The van der Waals surface area contributed by atoms with Crippen LogP contribution in [0.3, 0.4) is 0 Å². The molecule has 0 unspecified atom stereocenters. The second-order valence-corrected chi connectivity index (χ2v) is 6.74. The SMILES string of the molecule is O=C(c1ccc(-n2ccc(C(F)(F)F)n2)cc1)N1CCC(C(F)(F)F)(C(F)(F)F)C1. The summed E-state index contributed by atoms with van der Waals surface area (Å²) < 4.78 is 117. The van der Waals surface area contributed by atoms with Gasteiger partial charge in [-0.25, -0.2) is 4.68 Å². The monoisotopic (exact) mass is 445 g/mol. The first-order chi connectivity index (χ1) is 13.7. The number of alkyl halides is 9. The van der Waals surface area contributed by atoms with Crippen LogP contribution in [-0.2, 0) is 6.18 Å². The van der Waals surface area contributed by atoms with Crippen LogP contribution in [0.4, 0.5) is 39.5 Å². The normalized spacial score (nSPS) is 17.4. The highest BCUT2D eigenvalue weighted by Gasteiger charge is 2.72. The Morgan fingerprint density at radius 1 is 0.900 bits per heavy atom. The van der Waals surface area contributed by atoms with Crippen molar-refractivity contribution >= 4 is 5.91 Å². The second-order valence-electron chi connectivity index (χ2n) is 6.74. The lowest BCUT2D eigenvalue weighted by Gasteiger charge is -2.33.